The molecule has 1 saturated heterocycles. The van der Waals surface area contributed by atoms with Crippen LogP contribution < -0.4 is 14.8 Å². The summed E-state index contributed by atoms with van der Waals surface area (Å²) in [6.45, 7) is 7.17. The van der Waals surface area contributed by atoms with Crippen LogP contribution >= 0.6 is 34.4 Å². The molecule has 9 heteroatoms. The summed E-state index contributed by atoms with van der Waals surface area (Å²) in [5.41, 5.74) is 1.91. The van der Waals surface area contributed by atoms with Crippen molar-refractivity contribution < 1.29 is 23.8 Å². The molecule has 33 heavy (non-hydrogen) atoms. The number of benzene rings is 2. The number of amides is 1. The van der Waals surface area contributed by atoms with Crippen molar-refractivity contribution in [3.05, 3.63) is 56.0 Å². The lowest BCUT2D eigenvalue weighted by Crippen LogP contribution is -2.19. The van der Waals surface area contributed by atoms with Crippen molar-refractivity contribution in [2.24, 2.45) is 4.99 Å². The Kier molecular flexibility index (Phi) is 9.19. The Morgan fingerprint density at radius 3 is 2.55 bits per heavy atom. The van der Waals surface area contributed by atoms with Crippen molar-refractivity contribution >= 4 is 63.2 Å². The fourth-order valence-electron chi connectivity index (χ4n) is 2.91. The van der Waals surface area contributed by atoms with Crippen LogP contribution in [0.1, 0.15) is 43.1 Å². The molecule has 7 nitrogen and oxygen atoms in total. The number of halogens is 1. The molecule has 1 amide bonds. The molecule has 1 N–H and O–H groups in total. The number of hydrogen-bond acceptors (Lipinski definition) is 7. The lowest BCUT2D eigenvalue weighted by atomic mass is 10.2. The number of nitrogens with one attached hydrogen (secondary N) is 1. The summed E-state index contributed by atoms with van der Waals surface area (Å²) in [5.74, 6) is 0.779. The molecule has 0 bridgehead atoms. The number of hydrogen-bond donors (Lipinski definition) is 1. The monoisotopic (exact) mass is 580 g/mol. The Bertz CT molecular complexity index is 1080. The quantitative estimate of drug-likeness (QED) is 0.238. The molecule has 2 aromatic carbocycles. The van der Waals surface area contributed by atoms with Crippen LogP contribution in [0.25, 0.3) is 6.08 Å². The predicted molar refractivity (Wildman–Crippen MR) is 139 cm³/mol. The molecular formula is C24H25IN2O5S. The first-order chi connectivity index (χ1) is 15.9. The van der Waals surface area contributed by atoms with Crippen LogP contribution in [0.15, 0.2) is 46.3 Å². The highest BCUT2D eigenvalue weighted by Gasteiger charge is 2.24. The van der Waals surface area contributed by atoms with Crippen molar-refractivity contribution in [3.8, 4) is 11.5 Å². The van der Waals surface area contributed by atoms with Crippen molar-refractivity contribution in [1.82, 2.24) is 5.32 Å². The van der Waals surface area contributed by atoms with Gasteiger partial charge in [0.15, 0.2) is 16.7 Å². The lowest BCUT2D eigenvalue weighted by molar-refractivity contribution is -0.115. The standard InChI is InChI=1S/C24H25IN2O5S/c1-4-11-32-21-18(25)12-15(13-19(21)30-5-2)14-20-22(28)27-24(33-20)26-17-9-7-16(8-10-17)23(29)31-6-3/h7-10,12-14H,4-6,11H2,1-3H3,(H,26,27,28). The fourth-order valence-corrected chi connectivity index (χ4v) is 4.54. The van der Waals surface area contributed by atoms with Gasteiger partial charge in [0, 0.05) is 0 Å². The van der Waals surface area contributed by atoms with Gasteiger partial charge in [0.25, 0.3) is 5.91 Å². The van der Waals surface area contributed by atoms with Crippen molar-refractivity contribution in [1.29, 1.82) is 0 Å². The van der Waals surface area contributed by atoms with E-state index in [2.05, 4.69) is 39.8 Å². The normalized spacial score (nSPS) is 15.6. The Morgan fingerprint density at radius 2 is 1.88 bits per heavy atom. The molecule has 0 spiro atoms. The van der Waals surface area contributed by atoms with E-state index in [1.807, 2.05) is 19.1 Å². The van der Waals surface area contributed by atoms with Gasteiger partial charge in [-0.2, -0.15) is 0 Å². The van der Waals surface area contributed by atoms with E-state index in [1.165, 1.54) is 11.8 Å². The van der Waals surface area contributed by atoms with Crippen LogP contribution in [0.3, 0.4) is 0 Å². The highest BCUT2D eigenvalue weighted by atomic mass is 127. The van der Waals surface area contributed by atoms with Crippen LogP contribution in [-0.2, 0) is 9.53 Å². The van der Waals surface area contributed by atoms with Crippen molar-refractivity contribution in [3.63, 3.8) is 0 Å². The third-order valence-corrected chi connectivity index (χ3v) is 6.05. The molecule has 0 radical (unpaired) electrons. The summed E-state index contributed by atoms with van der Waals surface area (Å²) >= 11 is 3.47. The highest BCUT2D eigenvalue weighted by molar-refractivity contribution is 14.1. The van der Waals surface area contributed by atoms with Gasteiger partial charge < -0.3 is 19.5 Å². The molecule has 3 rings (SSSR count). The first-order valence-electron chi connectivity index (χ1n) is 10.6. The number of rotatable bonds is 9. The number of carbonyl (C=O) groups is 2. The Morgan fingerprint density at radius 1 is 1.12 bits per heavy atom. The van der Waals surface area contributed by atoms with E-state index in [0.29, 0.717) is 46.9 Å². The van der Waals surface area contributed by atoms with Gasteiger partial charge in [-0.1, -0.05) is 6.92 Å². The van der Waals surface area contributed by atoms with Gasteiger partial charge in [0.2, 0.25) is 0 Å². The smallest absolute Gasteiger partial charge is 0.338 e. The molecule has 0 aromatic heterocycles. The molecule has 1 heterocycles. The van der Waals surface area contributed by atoms with Gasteiger partial charge in [0.1, 0.15) is 0 Å². The molecule has 1 fully saturated rings. The number of esters is 1. The van der Waals surface area contributed by atoms with Gasteiger partial charge in [-0.05, 0) is 103 Å². The highest BCUT2D eigenvalue weighted by Crippen LogP contribution is 2.36. The second-order valence-corrected chi connectivity index (χ2v) is 9.05. The van der Waals surface area contributed by atoms with Crippen molar-refractivity contribution in [2.75, 3.05) is 19.8 Å². The Hall–Kier alpha value is -2.53. The maximum Gasteiger partial charge on any atom is 0.338 e. The molecule has 0 atom stereocenters. The van der Waals surface area contributed by atoms with E-state index in [9.17, 15) is 9.59 Å². The second kappa shape index (κ2) is 12.1. The van der Waals surface area contributed by atoms with E-state index in [1.54, 1.807) is 37.3 Å². The van der Waals surface area contributed by atoms with Gasteiger partial charge >= 0.3 is 5.97 Å². The van der Waals surface area contributed by atoms with Crippen LogP contribution in [0.2, 0.25) is 0 Å². The van der Waals surface area contributed by atoms with Gasteiger partial charge in [-0.25, -0.2) is 9.79 Å². The SMILES string of the molecule is CCCOc1c(I)cc(C=C2SC(=Nc3ccc(C(=O)OCC)cc3)NC2=O)cc1OCC. The number of nitrogens with zero attached hydrogens (tertiary/aromatic N) is 1. The topological polar surface area (TPSA) is 86.2 Å². The van der Waals surface area contributed by atoms with Gasteiger partial charge in [-0.15, -0.1) is 0 Å². The van der Waals surface area contributed by atoms with Crippen LogP contribution in [0.5, 0.6) is 11.5 Å². The summed E-state index contributed by atoms with van der Waals surface area (Å²) in [6.07, 6.45) is 2.71. The Balaban J connectivity index is 1.79. The van der Waals surface area contributed by atoms with E-state index in [0.717, 1.165) is 21.3 Å². The minimum absolute atomic E-state index is 0.221. The second-order valence-electron chi connectivity index (χ2n) is 6.86. The molecule has 0 unspecified atom stereocenters. The van der Waals surface area contributed by atoms with Crippen LogP contribution in [0, 0.1) is 3.57 Å². The Labute approximate surface area is 211 Å². The molecule has 1 aliphatic heterocycles. The summed E-state index contributed by atoms with van der Waals surface area (Å²) in [6, 6.07) is 10.5. The third-order valence-electron chi connectivity index (χ3n) is 4.34. The molecule has 1 aliphatic rings. The number of amidine groups is 1. The largest absolute Gasteiger partial charge is 0.490 e. The number of aliphatic imine (C=N–C) groups is 1. The van der Waals surface area contributed by atoms with Crippen molar-refractivity contribution in [2.45, 2.75) is 27.2 Å². The average Bonchev–Trinajstić information content (AvgIpc) is 3.12. The summed E-state index contributed by atoms with van der Waals surface area (Å²) in [4.78, 5) is 29.3. The first-order valence-corrected chi connectivity index (χ1v) is 12.5. The van der Waals surface area contributed by atoms with Gasteiger partial charge in [0.05, 0.1) is 39.5 Å². The maximum absolute atomic E-state index is 12.5. The van der Waals surface area contributed by atoms with Gasteiger partial charge in [-0.3, -0.25) is 4.79 Å². The number of thioether (sulfide) groups is 1. The zero-order chi connectivity index (χ0) is 23.8. The molecule has 174 valence electrons. The lowest BCUT2D eigenvalue weighted by Gasteiger charge is -2.14. The maximum atomic E-state index is 12.5. The summed E-state index contributed by atoms with van der Waals surface area (Å²) in [7, 11) is 0. The molecule has 2 aromatic rings. The third kappa shape index (κ3) is 6.73. The van der Waals surface area contributed by atoms with Crippen LogP contribution in [0.4, 0.5) is 5.69 Å². The van der Waals surface area contributed by atoms with E-state index in [-0.39, 0.29) is 11.9 Å². The minimum Gasteiger partial charge on any atom is -0.490 e. The van der Waals surface area contributed by atoms with E-state index >= 15 is 0 Å². The first kappa shape index (κ1) is 25.1. The zero-order valence-corrected chi connectivity index (χ0v) is 21.6. The fraction of sp³-hybridized carbons (Fsp3) is 0.292. The minimum atomic E-state index is -0.377. The average molecular weight is 580 g/mol. The van der Waals surface area contributed by atoms with E-state index < -0.39 is 0 Å². The summed E-state index contributed by atoms with van der Waals surface area (Å²) < 4.78 is 17.5. The zero-order valence-electron chi connectivity index (χ0n) is 18.6. The number of carbonyl (C=O) groups excluding carboxylic acids is 2. The molecular weight excluding hydrogens is 555 g/mol. The van der Waals surface area contributed by atoms with E-state index in [4.69, 9.17) is 14.2 Å². The summed E-state index contributed by atoms with van der Waals surface area (Å²) in [5, 5.41) is 3.25. The number of ether oxygens (including phenoxy) is 3. The molecule has 0 aliphatic carbocycles. The molecule has 0 saturated carbocycles. The predicted octanol–water partition coefficient (Wildman–Crippen LogP) is 5.55. The van der Waals surface area contributed by atoms with Crippen LogP contribution in [-0.4, -0.2) is 36.9 Å².